The number of hydrazine groups is 1. The second kappa shape index (κ2) is 6.00. The maximum atomic E-state index is 11.5. The molecule has 0 fully saturated rings. The Balaban J connectivity index is 2.53. The number of alkyl halides is 1. The highest BCUT2D eigenvalue weighted by Gasteiger charge is 2.10. The Bertz CT molecular complexity index is 390. The molecule has 0 aliphatic rings. The fourth-order valence-corrected chi connectivity index (χ4v) is 1.27. The predicted octanol–water partition coefficient (Wildman–Crippen LogP) is 1.99. The van der Waals surface area contributed by atoms with Crippen molar-refractivity contribution in [3.05, 3.63) is 34.3 Å². The summed E-state index contributed by atoms with van der Waals surface area (Å²) in [5.41, 5.74) is 5.09. The Labute approximate surface area is 110 Å². The smallest absolute Gasteiger partial charge is 0.269 e. The molecule has 0 saturated heterocycles. The third kappa shape index (κ3) is 3.94. The average Bonchev–Trinajstić information content (AvgIpc) is 2.26. The minimum absolute atomic E-state index is 0.300. The molecule has 86 valence electrons. The molecule has 16 heavy (non-hydrogen) atoms. The zero-order valence-electron chi connectivity index (χ0n) is 8.46. The fourth-order valence-electron chi connectivity index (χ4n) is 0.891. The van der Waals surface area contributed by atoms with Gasteiger partial charge in [-0.25, -0.2) is 0 Å². The Morgan fingerprint density at radius 2 is 1.75 bits per heavy atom. The van der Waals surface area contributed by atoms with Gasteiger partial charge >= 0.3 is 0 Å². The summed E-state index contributed by atoms with van der Waals surface area (Å²) in [7, 11) is 0. The van der Waals surface area contributed by atoms with Gasteiger partial charge < -0.3 is 0 Å². The van der Waals surface area contributed by atoms with Gasteiger partial charge in [0.2, 0.25) is 0 Å². The number of benzene rings is 1. The van der Waals surface area contributed by atoms with Gasteiger partial charge in [0.05, 0.1) is 4.83 Å². The lowest BCUT2D eigenvalue weighted by molar-refractivity contribution is -0.120. The summed E-state index contributed by atoms with van der Waals surface area (Å²) in [5, 5.41) is 0. The van der Waals surface area contributed by atoms with E-state index in [0.29, 0.717) is 5.56 Å². The standard InChI is InChI=1S/C10H10Br2N2O2/c1-6(11)9(15)13-14-10(16)7-2-4-8(12)5-3-7/h2-6H,1H3,(H,13,15)(H,14,16)/t6-/m0/s1. The van der Waals surface area contributed by atoms with E-state index >= 15 is 0 Å². The molecular formula is C10H10Br2N2O2. The molecule has 1 rings (SSSR count). The molecule has 0 unspecified atom stereocenters. The molecular weight excluding hydrogens is 340 g/mol. The first-order chi connectivity index (χ1) is 7.50. The average molecular weight is 350 g/mol. The van der Waals surface area contributed by atoms with Gasteiger partial charge in [0.25, 0.3) is 11.8 Å². The Morgan fingerprint density at radius 3 is 2.25 bits per heavy atom. The van der Waals surface area contributed by atoms with Gasteiger partial charge in [0, 0.05) is 10.0 Å². The minimum atomic E-state index is -0.353. The van der Waals surface area contributed by atoms with Crippen LogP contribution in [0, 0.1) is 0 Å². The number of hydrogen-bond acceptors (Lipinski definition) is 2. The van der Waals surface area contributed by atoms with Gasteiger partial charge in [-0.15, -0.1) is 0 Å². The lowest BCUT2D eigenvalue weighted by Crippen LogP contribution is -2.44. The van der Waals surface area contributed by atoms with Gasteiger partial charge in [-0.05, 0) is 31.2 Å². The van der Waals surface area contributed by atoms with Crippen molar-refractivity contribution < 1.29 is 9.59 Å². The summed E-state index contributed by atoms with van der Waals surface area (Å²) in [6, 6.07) is 6.82. The zero-order valence-corrected chi connectivity index (χ0v) is 11.6. The molecule has 1 atom stereocenters. The third-order valence-corrected chi connectivity index (χ3v) is 2.71. The van der Waals surface area contributed by atoms with Crippen LogP contribution in [0.2, 0.25) is 0 Å². The molecule has 1 aromatic rings. The number of hydrogen-bond donors (Lipinski definition) is 2. The maximum Gasteiger partial charge on any atom is 0.269 e. The predicted molar refractivity (Wildman–Crippen MR) is 68.1 cm³/mol. The summed E-state index contributed by atoms with van der Waals surface area (Å²) in [4.78, 5) is 22.3. The van der Waals surface area contributed by atoms with E-state index < -0.39 is 0 Å². The summed E-state index contributed by atoms with van der Waals surface area (Å²) in [6.45, 7) is 1.67. The molecule has 0 aromatic heterocycles. The summed E-state index contributed by atoms with van der Waals surface area (Å²) >= 11 is 6.35. The number of rotatable bonds is 2. The van der Waals surface area contributed by atoms with E-state index in [1.807, 2.05) is 0 Å². The highest BCUT2D eigenvalue weighted by molar-refractivity contribution is 9.10. The van der Waals surface area contributed by atoms with E-state index in [2.05, 4.69) is 42.7 Å². The van der Waals surface area contributed by atoms with Crippen LogP contribution in [-0.2, 0) is 4.79 Å². The summed E-state index contributed by atoms with van der Waals surface area (Å²) in [5.74, 6) is -0.653. The largest absolute Gasteiger partial charge is 0.272 e. The van der Waals surface area contributed by atoms with E-state index in [-0.39, 0.29) is 16.6 Å². The van der Waals surface area contributed by atoms with Crippen LogP contribution in [0.15, 0.2) is 28.7 Å². The van der Waals surface area contributed by atoms with E-state index in [9.17, 15) is 9.59 Å². The Morgan fingerprint density at radius 1 is 1.19 bits per heavy atom. The van der Waals surface area contributed by atoms with Crippen LogP contribution in [0.4, 0.5) is 0 Å². The quantitative estimate of drug-likeness (QED) is 0.633. The second-order valence-corrected chi connectivity index (χ2v) is 5.36. The Kier molecular flexibility index (Phi) is 4.95. The first-order valence-electron chi connectivity index (χ1n) is 4.50. The normalized spacial score (nSPS) is 11.7. The molecule has 0 saturated carbocycles. The van der Waals surface area contributed by atoms with E-state index in [0.717, 1.165) is 4.47 Å². The van der Waals surface area contributed by atoms with Crippen molar-refractivity contribution in [1.29, 1.82) is 0 Å². The topological polar surface area (TPSA) is 58.2 Å². The molecule has 0 spiro atoms. The first kappa shape index (κ1) is 13.2. The van der Waals surface area contributed by atoms with Crippen molar-refractivity contribution >= 4 is 43.7 Å². The van der Waals surface area contributed by atoms with Crippen LogP contribution in [0.1, 0.15) is 17.3 Å². The molecule has 0 radical (unpaired) electrons. The van der Waals surface area contributed by atoms with Crippen LogP contribution in [-0.4, -0.2) is 16.6 Å². The molecule has 0 bridgehead atoms. The van der Waals surface area contributed by atoms with Crippen LogP contribution < -0.4 is 10.9 Å². The highest BCUT2D eigenvalue weighted by Crippen LogP contribution is 2.10. The SMILES string of the molecule is C[C@H](Br)C(=O)NNC(=O)c1ccc(Br)cc1. The molecule has 6 heteroatoms. The number of halogens is 2. The van der Waals surface area contributed by atoms with E-state index in [1.54, 1.807) is 31.2 Å². The van der Waals surface area contributed by atoms with Crippen molar-refractivity contribution in [2.45, 2.75) is 11.8 Å². The van der Waals surface area contributed by atoms with Gasteiger partial charge in [0.15, 0.2) is 0 Å². The fraction of sp³-hybridized carbons (Fsp3) is 0.200. The lowest BCUT2D eigenvalue weighted by Gasteiger charge is -2.08. The Hall–Kier alpha value is -0.880. The maximum absolute atomic E-state index is 11.5. The molecule has 2 N–H and O–H groups in total. The second-order valence-electron chi connectivity index (χ2n) is 3.07. The lowest BCUT2D eigenvalue weighted by atomic mass is 10.2. The summed E-state index contributed by atoms with van der Waals surface area (Å²) in [6.07, 6.45) is 0. The number of amides is 2. The third-order valence-electron chi connectivity index (χ3n) is 1.77. The monoisotopic (exact) mass is 348 g/mol. The van der Waals surface area contributed by atoms with Crippen molar-refractivity contribution in [1.82, 2.24) is 10.9 Å². The number of nitrogens with one attached hydrogen (secondary N) is 2. The molecule has 0 heterocycles. The van der Waals surface area contributed by atoms with Crippen molar-refractivity contribution in [2.75, 3.05) is 0 Å². The van der Waals surface area contributed by atoms with E-state index in [4.69, 9.17) is 0 Å². The van der Waals surface area contributed by atoms with E-state index in [1.165, 1.54) is 0 Å². The van der Waals surface area contributed by atoms with Gasteiger partial charge in [-0.2, -0.15) is 0 Å². The van der Waals surface area contributed by atoms with Gasteiger partial charge in [0.1, 0.15) is 0 Å². The summed E-state index contributed by atoms with van der Waals surface area (Å²) < 4.78 is 0.891. The van der Waals surface area contributed by atoms with Crippen molar-refractivity contribution in [3.63, 3.8) is 0 Å². The molecule has 4 nitrogen and oxygen atoms in total. The van der Waals surface area contributed by atoms with Gasteiger partial charge in [-0.3, -0.25) is 20.4 Å². The van der Waals surface area contributed by atoms with Gasteiger partial charge in [-0.1, -0.05) is 31.9 Å². The first-order valence-corrected chi connectivity index (χ1v) is 6.21. The molecule has 1 aromatic carbocycles. The number of carbonyl (C=O) groups excluding carboxylic acids is 2. The van der Waals surface area contributed by atoms with Crippen LogP contribution in [0.3, 0.4) is 0 Å². The van der Waals surface area contributed by atoms with Crippen LogP contribution >= 0.6 is 31.9 Å². The molecule has 2 amide bonds. The number of carbonyl (C=O) groups is 2. The zero-order chi connectivity index (χ0) is 12.1. The van der Waals surface area contributed by atoms with Crippen molar-refractivity contribution in [3.8, 4) is 0 Å². The molecule has 0 aliphatic carbocycles. The van der Waals surface area contributed by atoms with Crippen molar-refractivity contribution in [2.24, 2.45) is 0 Å². The van der Waals surface area contributed by atoms with Crippen LogP contribution in [0.25, 0.3) is 0 Å². The van der Waals surface area contributed by atoms with Crippen LogP contribution in [0.5, 0.6) is 0 Å². The highest BCUT2D eigenvalue weighted by atomic mass is 79.9. The molecule has 0 aliphatic heterocycles. The minimum Gasteiger partial charge on any atom is -0.272 e.